The second-order valence-electron chi connectivity index (χ2n) is 17.5. The molecule has 0 amide bonds. The first kappa shape index (κ1) is 32.7. The van der Waals surface area contributed by atoms with Gasteiger partial charge in [0, 0.05) is 11.5 Å². The van der Waals surface area contributed by atoms with Gasteiger partial charge in [0.15, 0.2) is 11.5 Å². The predicted molar refractivity (Wildman–Crippen MR) is 183 cm³/mol. The molecular weight excluding hydrogens is 556 g/mol. The quantitative estimate of drug-likeness (QED) is 0.170. The van der Waals surface area contributed by atoms with Crippen LogP contribution in [0, 0.1) is 56.7 Å². The molecule has 6 rings (SSSR count). The minimum Gasteiger partial charge on any atom is -0.504 e. The maximum absolute atomic E-state index is 13.1. The Morgan fingerprint density at radius 2 is 1.69 bits per heavy atom. The van der Waals surface area contributed by atoms with E-state index < -0.39 is 0 Å². The molecule has 4 nitrogen and oxygen atoms in total. The predicted octanol–water partition coefficient (Wildman–Crippen LogP) is 10.4. The molecule has 5 saturated carbocycles. The molecule has 0 aliphatic heterocycles. The summed E-state index contributed by atoms with van der Waals surface area (Å²) >= 11 is 0. The maximum Gasteiger partial charge on any atom is 0.331 e. The van der Waals surface area contributed by atoms with E-state index in [1.54, 1.807) is 24.3 Å². The number of rotatable bonds is 9. The lowest BCUT2D eigenvalue weighted by Gasteiger charge is -2.63. The summed E-state index contributed by atoms with van der Waals surface area (Å²) in [7, 11) is 1.52. The molecule has 3 unspecified atom stereocenters. The third-order valence-corrected chi connectivity index (χ3v) is 15.4. The third-order valence-electron chi connectivity index (χ3n) is 15.4. The van der Waals surface area contributed by atoms with Gasteiger partial charge in [-0.25, -0.2) is 4.79 Å². The summed E-state index contributed by atoms with van der Waals surface area (Å²) in [5, 5.41) is 9.89. The van der Waals surface area contributed by atoms with Crippen LogP contribution >= 0.6 is 0 Å². The smallest absolute Gasteiger partial charge is 0.331 e. The second kappa shape index (κ2) is 11.2. The summed E-state index contributed by atoms with van der Waals surface area (Å²) in [6.07, 6.45) is 17.5. The SMILES string of the molecule is C=C(CC[C@@H](C)C1CC[C@@]2(C)C3CCC4C(C)(C)[C@@H](OC(=O)/C=C/c5ccc(O)c(OC)c5)CC[C@@]45C[C@@]35CC[C@]12C)C(C)C. The highest BCUT2D eigenvalue weighted by Crippen LogP contribution is 2.89. The Morgan fingerprint density at radius 1 is 0.978 bits per heavy atom. The van der Waals surface area contributed by atoms with E-state index in [-0.39, 0.29) is 23.2 Å². The monoisotopic (exact) mass is 616 g/mol. The Labute approximate surface area is 273 Å². The average Bonchev–Trinajstić information content (AvgIpc) is 3.58. The van der Waals surface area contributed by atoms with Crippen molar-refractivity contribution in [3.63, 3.8) is 0 Å². The number of allylic oxidation sites excluding steroid dienone is 1. The fourth-order valence-electron chi connectivity index (χ4n) is 12.5. The molecule has 2 spiro atoms. The van der Waals surface area contributed by atoms with Crippen molar-refractivity contribution in [2.24, 2.45) is 56.7 Å². The molecule has 5 fully saturated rings. The first-order chi connectivity index (χ1) is 21.1. The van der Waals surface area contributed by atoms with Gasteiger partial charge in [0.1, 0.15) is 6.10 Å². The lowest BCUT2D eigenvalue weighted by Crippen LogP contribution is -2.58. The summed E-state index contributed by atoms with van der Waals surface area (Å²) in [5.41, 5.74) is 3.99. The van der Waals surface area contributed by atoms with Crippen LogP contribution in [0.4, 0.5) is 0 Å². The van der Waals surface area contributed by atoms with Crippen molar-refractivity contribution >= 4 is 12.0 Å². The molecule has 0 bridgehead atoms. The van der Waals surface area contributed by atoms with Crippen molar-refractivity contribution in [1.29, 1.82) is 0 Å². The van der Waals surface area contributed by atoms with E-state index in [0.717, 1.165) is 29.7 Å². The molecule has 9 atom stereocenters. The van der Waals surface area contributed by atoms with E-state index in [4.69, 9.17) is 9.47 Å². The maximum atomic E-state index is 13.1. The Morgan fingerprint density at radius 3 is 2.40 bits per heavy atom. The van der Waals surface area contributed by atoms with E-state index in [0.29, 0.717) is 39.2 Å². The van der Waals surface area contributed by atoms with Gasteiger partial charge in [-0.1, -0.05) is 66.7 Å². The number of aromatic hydroxyl groups is 1. The van der Waals surface area contributed by atoms with E-state index in [1.165, 1.54) is 83.0 Å². The molecule has 1 N–H and O–H groups in total. The third kappa shape index (κ3) is 4.85. The highest BCUT2D eigenvalue weighted by atomic mass is 16.5. The molecule has 4 heteroatoms. The lowest BCUT2D eigenvalue weighted by molar-refractivity contribution is -0.179. The van der Waals surface area contributed by atoms with Crippen LogP contribution in [0.25, 0.3) is 6.08 Å². The molecule has 1 aromatic carbocycles. The van der Waals surface area contributed by atoms with Gasteiger partial charge in [0.2, 0.25) is 0 Å². The number of phenolic OH excluding ortho intramolecular Hbond substituents is 1. The van der Waals surface area contributed by atoms with Crippen LogP contribution in [-0.4, -0.2) is 24.3 Å². The Hall–Kier alpha value is -2.23. The summed E-state index contributed by atoms with van der Waals surface area (Å²) in [4.78, 5) is 13.1. The topological polar surface area (TPSA) is 55.8 Å². The highest BCUT2D eigenvalue weighted by molar-refractivity contribution is 5.87. The molecule has 0 heterocycles. The summed E-state index contributed by atoms with van der Waals surface area (Å²) in [6.45, 7) is 21.7. The van der Waals surface area contributed by atoms with E-state index in [1.807, 2.05) is 0 Å². The van der Waals surface area contributed by atoms with Crippen molar-refractivity contribution in [3.05, 3.63) is 42.0 Å². The molecule has 45 heavy (non-hydrogen) atoms. The number of benzene rings is 1. The van der Waals surface area contributed by atoms with Gasteiger partial charge in [-0.05, 0) is 146 Å². The van der Waals surface area contributed by atoms with Crippen LogP contribution in [0.1, 0.15) is 125 Å². The van der Waals surface area contributed by atoms with Crippen LogP contribution in [0.3, 0.4) is 0 Å². The lowest BCUT2D eigenvalue weighted by atomic mass is 9.41. The van der Waals surface area contributed by atoms with Gasteiger partial charge in [-0.15, -0.1) is 0 Å². The first-order valence-corrected chi connectivity index (χ1v) is 18.1. The number of fused-ring (bicyclic) bond motifs is 2. The molecule has 1 aromatic rings. The van der Waals surface area contributed by atoms with Crippen LogP contribution in [0.2, 0.25) is 0 Å². The van der Waals surface area contributed by atoms with Crippen molar-refractivity contribution in [3.8, 4) is 11.5 Å². The van der Waals surface area contributed by atoms with Gasteiger partial charge < -0.3 is 14.6 Å². The van der Waals surface area contributed by atoms with Crippen LogP contribution in [0.15, 0.2) is 36.4 Å². The normalized spacial score (nSPS) is 40.2. The van der Waals surface area contributed by atoms with Crippen molar-refractivity contribution in [2.75, 3.05) is 7.11 Å². The van der Waals surface area contributed by atoms with Gasteiger partial charge in [-0.3, -0.25) is 0 Å². The summed E-state index contributed by atoms with van der Waals surface area (Å²) < 4.78 is 11.5. The zero-order valence-electron chi connectivity index (χ0n) is 29.5. The standard InChI is InChI=1S/C41H60O4/c1-26(2)27(3)10-11-28(4)30-18-20-39(8)34-16-15-33-37(5,6)35(19-21-40(33)25-41(34,40)23-22-38(30,39)7)45-36(43)17-13-29-12-14-31(42)32(24-29)44-9/h12-14,17,24,26,28,30,33-35,42H,3,10-11,15-16,18-23,25H2,1-2,4-9H3/b17-13+/t28-,30?,33?,34?,35+,38-,39+,40-,41+/m1/s1. The van der Waals surface area contributed by atoms with Crippen LogP contribution in [0.5, 0.6) is 11.5 Å². The zero-order chi connectivity index (χ0) is 32.6. The molecule has 0 aromatic heterocycles. The van der Waals surface area contributed by atoms with Gasteiger partial charge in [0.05, 0.1) is 7.11 Å². The summed E-state index contributed by atoms with van der Waals surface area (Å²) in [5.74, 6) is 3.84. The van der Waals surface area contributed by atoms with Gasteiger partial charge >= 0.3 is 5.97 Å². The Balaban J connectivity index is 1.14. The second-order valence-corrected chi connectivity index (χ2v) is 17.5. The van der Waals surface area contributed by atoms with Gasteiger partial charge in [-0.2, -0.15) is 0 Å². The summed E-state index contributed by atoms with van der Waals surface area (Å²) in [6, 6.07) is 5.08. The zero-order valence-corrected chi connectivity index (χ0v) is 29.5. The number of esters is 1. The van der Waals surface area contributed by atoms with E-state index in [9.17, 15) is 9.90 Å². The number of carbonyl (C=O) groups is 1. The first-order valence-electron chi connectivity index (χ1n) is 18.1. The minimum atomic E-state index is -0.278. The molecule has 5 aliphatic rings. The van der Waals surface area contributed by atoms with E-state index >= 15 is 0 Å². The molecular formula is C41H60O4. The molecule has 5 aliphatic carbocycles. The molecule has 0 radical (unpaired) electrons. The number of hydrogen-bond acceptors (Lipinski definition) is 4. The van der Waals surface area contributed by atoms with Gasteiger partial charge in [0.25, 0.3) is 0 Å². The van der Waals surface area contributed by atoms with Crippen LogP contribution in [-0.2, 0) is 9.53 Å². The fraction of sp³-hybridized carbons (Fsp3) is 0.732. The highest BCUT2D eigenvalue weighted by Gasteiger charge is 2.82. The molecule has 0 saturated heterocycles. The van der Waals surface area contributed by atoms with Crippen molar-refractivity contribution in [1.82, 2.24) is 0 Å². The minimum absolute atomic E-state index is 0.0365. The molecule has 248 valence electrons. The largest absolute Gasteiger partial charge is 0.504 e. The van der Waals surface area contributed by atoms with Crippen molar-refractivity contribution in [2.45, 2.75) is 125 Å². The Bertz CT molecular complexity index is 1360. The Kier molecular flexibility index (Phi) is 8.13. The van der Waals surface area contributed by atoms with Crippen LogP contribution < -0.4 is 4.74 Å². The average molecular weight is 617 g/mol. The number of phenols is 1. The number of hydrogen-bond donors (Lipinski definition) is 1. The van der Waals surface area contributed by atoms with E-state index in [2.05, 4.69) is 55.0 Å². The number of methoxy groups -OCH3 is 1. The van der Waals surface area contributed by atoms with Crippen molar-refractivity contribution < 1.29 is 19.4 Å². The number of carbonyl (C=O) groups excluding carboxylic acids is 1. The number of ether oxygens (including phenoxy) is 2. The fourth-order valence-corrected chi connectivity index (χ4v) is 12.5.